The first-order chi connectivity index (χ1) is 10.6. The Bertz CT molecular complexity index is 669. The fraction of sp³-hybridized carbons (Fsp3) is 0.381. The van der Waals surface area contributed by atoms with Crippen LogP contribution in [0.25, 0.3) is 0 Å². The lowest BCUT2D eigenvalue weighted by atomic mass is 9.77. The summed E-state index contributed by atoms with van der Waals surface area (Å²) in [7, 11) is 0. The van der Waals surface area contributed by atoms with Crippen LogP contribution in [0.1, 0.15) is 66.6 Å². The van der Waals surface area contributed by atoms with Gasteiger partial charge < -0.3 is 0 Å². The molecule has 1 aliphatic carbocycles. The predicted octanol–water partition coefficient (Wildman–Crippen LogP) is 5.31. The van der Waals surface area contributed by atoms with Crippen LogP contribution in [0.3, 0.4) is 0 Å². The lowest BCUT2D eigenvalue weighted by Gasteiger charge is -2.25. The van der Waals surface area contributed by atoms with Gasteiger partial charge in [0.05, 0.1) is 0 Å². The van der Waals surface area contributed by atoms with Crippen LogP contribution in [-0.2, 0) is 11.8 Å². The van der Waals surface area contributed by atoms with Crippen LogP contribution >= 0.6 is 0 Å². The SMILES string of the molecule is CCCCCc1ccc(C2(C)CC(=O)c3ccccc32)cc1. The molecule has 3 rings (SSSR count). The first kappa shape index (κ1) is 15.0. The molecule has 22 heavy (non-hydrogen) atoms. The Morgan fingerprint density at radius 1 is 1.00 bits per heavy atom. The lowest BCUT2D eigenvalue weighted by molar-refractivity contribution is 0.0982. The van der Waals surface area contributed by atoms with E-state index in [-0.39, 0.29) is 11.2 Å². The average molecular weight is 292 g/mol. The number of carbonyl (C=O) groups excluding carboxylic acids is 1. The quantitative estimate of drug-likeness (QED) is 0.682. The fourth-order valence-electron chi connectivity index (χ4n) is 3.59. The monoisotopic (exact) mass is 292 g/mol. The van der Waals surface area contributed by atoms with Crippen molar-refractivity contribution in [3.8, 4) is 0 Å². The number of hydrogen-bond acceptors (Lipinski definition) is 1. The van der Waals surface area contributed by atoms with Crippen LogP contribution < -0.4 is 0 Å². The number of fused-ring (bicyclic) bond motifs is 1. The van der Waals surface area contributed by atoms with Gasteiger partial charge in [-0.05, 0) is 29.5 Å². The molecule has 1 aliphatic rings. The Labute approximate surface area is 133 Å². The molecular formula is C21H24O. The Morgan fingerprint density at radius 3 is 2.45 bits per heavy atom. The van der Waals surface area contributed by atoms with Crippen LogP contribution in [0.4, 0.5) is 0 Å². The second-order valence-corrected chi connectivity index (χ2v) is 6.63. The van der Waals surface area contributed by atoms with Gasteiger partial charge in [0.2, 0.25) is 0 Å². The van der Waals surface area contributed by atoms with Gasteiger partial charge in [0.25, 0.3) is 0 Å². The van der Waals surface area contributed by atoms with Gasteiger partial charge in [-0.1, -0.05) is 75.2 Å². The molecule has 0 heterocycles. The molecule has 2 aromatic carbocycles. The molecule has 1 nitrogen and oxygen atoms in total. The van der Waals surface area contributed by atoms with Gasteiger partial charge >= 0.3 is 0 Å². The highest BCUT2D eigenvalue weighted by atomic mass is 16.1. The molecule has 0 amide bonds. The van der Waals surface area contributed by atoms with E-state index in [1.54, 1.807) is 0 Å². The van der Waals surface area contributed by atoms with E-state index >= 15 is 0 Å². The first-order valence-electron chi connectivity index (χ1n) is 8.37. The Morgan fingerprint density at radius 2 is 1.73 bits per heavy atom. The molecule has 0 fully saturated rings. The van der Waals surface area contributed by atoms with Crippen LogP contribution in [-0.4, -0.2) is 5.78 Å². The number of benzene rings is 2. The molecule has 0 spiro atoms. The van der Waals surface area contributed by atoms with E-state index in [9.17, 15) is 4.79 Å². The zero-order valence-electron chi connectivity index (χ0n) is 13.6. The van der Waals surface area contributed by atoms with Gasteiger partial charge in [0.1, 0.15) is 0 Å². The molecule has 114 valence electrons. The Kier molecular flexibility index (Phi) is 4.15. The maximum atomic E-state index is 12.3. The number of hydrogen-bond donors (Lipinski definition) is 0. The van der Waals surface area contributed by atoms with Gasteiger partial charge in [-0.15, -0.1) is 0 Å². The van der Waals surface area contributed by atoms with Crippen molar-refractivity contribution in [3.05, 3.63) is 70.8 Å². The number of rotatable bonds is 5. The molecule has 1 unspecified atom stereocenters. The van der Waals surface area contributed by atoms with Crippen molar-refractivity contribution in [2.75, 3.05) is 0 Å². The maximum Gasteiger partial charge on any atom is 0.164 e. The third-order valence-corrected chi connectivity index (χ3v) is 5.00. The van der Waals surface area contributed by atoms with Crippen LogP contribution in [0.15, 0.2) is 48.5 Å². The zero-order chi connectivity index (χ0) is 15.6. The molecule has 1 atom stereocenters. The molecular weight excluding hydrogens is 268 g/mol. The molecule has 0 bridgehead atoms. The van der Waals surface area contributed by atoms with E-state index in [2.05, 4.69) is 44.2 Å². The van der Waals surface area contributed by atoms with Crippen molar-refractivity contribution < 1.29 is 4.79 Å². The summed E-state index contributed by atoms with van der Waals surface area (Å²) < 4.78 is 0. The molecule has 2 aromatic rings. The second kappa shape index (κ2) is 6.08. The number of ketones is 1. The first-order valence-corrected chi connectivity index (χ1v) is 8.37. The maximum absolute atomic E-state index is 12.3. The standard InChI is InChI=1S/C21H24O/c1-3-4-5-8-16-11-13-17(14-12-16)21(2)15-20(22)18-9-6-7-10-19(18)21/h6-7,9-14H,3-5,8,15H2,1-2H3. The minimum atomic E-state index is -0.171. The van der Waals surface area contributed by atoms with Crippen LogP contribution in [0, 0.1) is 0 Å². The van der Waals surface area contributed by atoms with Crippen molar-refractivity contribution in [2.45, 2.75) is 51.4 Å². The summed E-state index contributed by atoms with van der Waals surface area (Å²) in [5, 5.41) is 0. The third-order valence-electron chi connectivity index (χ3n) is 5.00. The van der Waals surface area contributed by atoms with E-state index in [0.29, 0.717) is 6.42 Å². The normalized spacial score (nSPS) is 20.2. The number of carbonyl (C=O) groups is 1. The Hall–Kier alpha value is -1.89. The van der Waals surface area contributed by atoms with E-state index in [4.69, 9.17) is 0 Å². The molecule has 0 radical (unpaired) electrons. The van der Waals surface area contributed by atoms with E-state index in [1.807, 2.05) is 18.2 Å². The largest absolute Gasteiger partial charge is 0.294 e. The second-order valence-electron chi connectivity index (χ2n) is 6.63. The van der Waals surface area contributed by atoms with Crippen LogP contribution in [0.5, 0.6) is 0 Å². The summed E-state index contributed by atoms with van der Waals surface area (Å²) >= 11 is 0. The lowest BCUT2D eigenvalue weighted by Crippen LogP contribution is -2.20. The minimum Gasteiger partial charge on any atom is -0.294 e. The smallest absolute Gasteiger partial charge is 0.164 e. The van der Waals surface area contributed by atoms with Crippen molar-refractivity contribution in [1.82, 2.24) is 0 Å². The fourth-order valence-corrected chi connectivity index (χ4v) is 3.59. The van der Waals surface area contributed by atoms with Gasteiger partial charge in [0, 0.05) is 17.4 Å². The van der Waals surface area contributed by atoms with E-state index < -0.39 is 0 Å². The van der Waals surface area contributed by atoms with Crippen LogP contribution in [0.2, 0.25) is 0 Å². The van der Waals surface area contributed by atoms with Gasteiger partial charge in [-0.2, -0.15) is 0 Å². The average Bonchev–Trinajstić information content (AvgIpc) is 2.81. The molecule has 0 saturated heterocycles. The minimum absolute atomic E-state index is 0.171. The van der Waals surface area contributed by atoms with Gasteiger partial charge in [-0.3, -0.25) is 4.79 Å². The predicted molar refractivity (Wildman–Crippen MR) is 91.5 cm³/mol. The number of aryl methyl sites for hydroxylation is 1. The summed E-state index contributed by atoms with van der Waals surface area (Å²) in [6, 6.07) is 17.0. The zero-order valence-corrected chi connectivity index (χ0v) is 13.6. The summed E-state index contributed by atoms with van der Waals surface area (Å²) in [6.07, 6.45) is 5.55. The molecule has 0 N–H and O–H groups in total. The molecule has 0 aromatic heterocycles. The highest BCUT2D eigenvalue weighted by molar-refractivity contribution is 6.02. The van der Waals surface area contributed by atoms with Crippen molar-refractivity contribution in [3.63, 3.8) is 0 Å². The van der Waals surface area contributed by atoms with Crippen molar-refractivity contribution in [2.24, 2.45) is 0 Å². The molecule has 1 heteroatoms. The van der Waals surface area contributed by atoms with Gasteiger partial charge in [0.15, 0.2) is 5.78 Å². The molecule has 0 saturated carbocycles. The van der Waals surface area contributed by atoms with E-state index in [0.717, 1.165) is 12.0 Å². The summed E-state index contributed by atoms with van der Waals surface area (Å²) in [5.74, 6) is 0.269. The number of Topliss-reactive ketones (excluding diaryl/α,β-unsaturated/α-hetero) is 1. The highest BCUT2D eigenvalue weighted by Crippen LogP contribution is 2.43. The van der Waals surface area contributed by atoms with Gasteiger partial charge in [-0.25, -0.2) is 0 Å². The summed E-state index contributed by atoms with van der Waals surface area (Å²) in [4.78, 5) is 12.3. The third kappa shape index (κ3) is 2.61. The summed E-state index contributed by atoms with van der Waals surface area (Å²) in [5.41, 5.74) is 4.56. The highest BCUT2D eigenvalue weighted by Gasteiger charge is 2.40. The summed E-state index contributed by atoms with van der Waals surface area (Å²) in [6.45, 7) is 4.43. The molecule has 0 aliphatic heterocycles. The topological polar surface area (TPSA) is 17.1 Å². The Balaban J connectivity index is 1.87. The van der Waals surface area contributed by atoms with E-state index in [1.165, 1.54) is 36.0 Å². The number of unbranched alkanes of at least 4 members (excludes halogenated alkanes) is 2. The van der Waals surface area contributed by atoms with Crippen molar-refractivity contribution >= 4 is 5.78 Å². The van der Waals surface area contributed by atoms with Crippen molar-refractivity contribution in [1.29, 1.82) is 0 Å².